The fourth-order valence-electron chi connectivity index (χ4n) is 3.40. The van der Waals surface area contributed by atoms with Crippen molar-refractivity contribution in [3.05, 3.63) is 107 Å². The zero-order valence-electron chi connectivity index (χ0n) is 18.5. The molecule has 0 radical (unpaired) electrons. The normalized spacial score (nSPS) is 11.4. The van der Waals surface area contributed by atoms with Crippen LogP contribution in [0.25, 0.3) is 27.5 Å². The molecule has 5 rings (SSSR count). The van der Waals surface area contributed by atoms with E-state index >= 15 is 0 Å². The summed E-state index contributed by atoms with van der Waals surface area (Å²) in [5, 5.41) is 5.13. The molecule has 1 amide bonds. The Balaban J connectivity index is 1.39. The monoisotopic (exact) mass is 579 g/mol. The van der Waals surface area contributed by atoms with E-state index in [1.54, 1.807) is 6.07 Å². The van der Waals surface area contributed by atoms with Gasteiger partial charge >= 0.3 is 0 Å². The standard InChI is InChI=1S/C25H18BrN5O3S2/c26-19-13-11-18(12-14-19)25-27-16-23(35-25)36(33,34)30-28-24(32)22-15-21(17-7-3-1-4-8-17)29-31(22)20-9-5-2-6-10-20/h1-16,30H,(H,28,32). The van der Waals surface area contributed by atoms with Gasteiger partial charge in [-0.15, -0.1) is 16.2 Å². The number of halogens is 1. The molecular formula is C25H18BrN5O3S2. The maximum atomic E-state index is 13.1. The van der Waals surface area contributed by atoms with Crippen LogP contribution in [0.15, 0.2) is 106 Å². The van der Waals surface area contributed by atoms with Gasteiger partial charge in [0.15, 0.2) is 4.21 Å². The number of hydrogen-bond donors (Lipinski definition) is 2. The molecule has 180 valence electrons. The molecule has 11 heteroatoms. The minimum Gasteiger partial charge on any atom is -0.272 e. The Labute approximate surface area is 219 Å². The minimum atomic E-state index is -4.05. The number of benzene rings is 3. The summed E-state index contributed by atoms with van der Waals surface area (Å²) in [4.78, 5) is 19.5. The third kappa shape index (κ3) is 5.14. The van der Waals surface area contributed by atoms with Crippen LogP contribution in [0.3, 0.4) is 0 Å². The molecule has 0 bridgehead atoms. The molecule has 3 aromatic carbocycles. The fraction of sp³-hybridized carbons (Fsp3) is 0. The van der Waals surface area contributed by atoms with E-state index in [0.717, 1.165) is 26.9 Å². The van der Waals surface area contributed by atoms with E-state index in [9.17, 15) is 13.2 Å². The molecule has 2 aromatic heterocycles. The van der Waals surface area contributed by atoms with Gasteiger partial charge in [-0.1, -0.05) is 76.6 Å². The number of hydrogen-bond acceptors (Lipinski definition) is 6. The van der Waals surface area contributed by atoms with Crippen molar-refractivity contribution in [2.45, 2.75) is 4.21 Å². The molecular weight excluding hydrogens is 562 g/mol. The van der Waals surface area contributed by atoms with Crippen molar-refractivity contribution in [1.82, 2.24) is 25.0 Å². The number of sulfonamides is 1. The van der Waals surface area contributed by atoms with Crippen LogP contribution in [-0.4, -0.2) is 29.1 Å². The molecule has 0 aliphatic heterocycles. The molecule has 0 fully saturated rings. The Bertz CT molecular complexity index is 1620. The topological polar surface area (TPSA) is 106 Å². The Morgan fingerprint density at radius 2 is 1.56 bits per heavy atom. The average Bonchev–Trinajstić information content (AvgIpc) is 3.58. The van der Waals surface area contributed by atoms with E-state index in [-0.39, 0.29) is 9.90 Å². The second-order valence-corrected chi connectivity index (χ2v) is 11.4. The SMILES string of the molecule is O=C(NNS(=O)(=O)c1cnc(-c2ccc(Br)cc2)s1)c1cc(-c2ccccc2)nn1-c1ccccc1. The molecule has 0 saturated heterocycles. The first-order chi connectivity index (χ1) is 17.4. The summed E-state index contributed by atoms with van der Waals surface area (Å²) >= 11 is 4.38. The van der Waals surface area contributed by atoms with Crippen LogP contribution in [-0.2, 0) is 10.0 Å². The van der Waals surface area contributed by atoms with Crippen LogP contribution < -0.4 is 10.3 Å². The number of carbonyl (C=O) groups excluding carboxylic acids is 1. The first kappa shape index (κ1) is 24.1. The van der Waals surface area contributed by atoms with Gasteiger partial charge in [0.25, 0.3) is 15.9 Å². The van der Waals surface area contributed by atoms with Gasteiger partial charge in [-0.2, -0.15) is 5.10 Å². The molecule has 36 heavy (non-hydrogen) atoms. The number of thiazole rings is 1. The van der Waals surface area contributed by atoms with Crippen molar-refractivity contribution in [1.29, 1.82) is 0 Å². The highest BCUT2D eigenvalue weighted by molar-refractivity contribution is 9.10. The lowest BCUT2D eigenvalue weighted by molar-refractivity contribution is 0.0937. The first-order valence-electron chi connectivity index (χ1n) is 10.7. The molecule has 0 aliphatic rings. The number of rotatable bonds is 7. The molecule has 2 heterocycles. The quantitative estimate of drug-likeness (QED) is 0.262. The predicted molar refractivity (Wildman–Crippen MR) is 142 cm³/mol. The number of aromatic nitrogens is 3. The van der Waals surface area contributed by atoms with Crippen molar-refractivity contribution < 1.29 is 13.2 Å². The van der Waals surface area contributed by atoms with E-state index < -0.39 is 15.9 Å². The molecule has 5 aromatic rings. The number of carbonyl (C=O) groups is 1. The fourth-order valence-corrected chi connectivity index (χ4v) is 5.64. The maximum absolute atomic E-state index is 13.1. The average molecular weight is 580 g/mol. The van der Waals surface area contributed by atoms with Crippen molar-refractivity contribution in [2.24, 2.45) is 0 Å². The van der Waals surface area contributed by atoms with Crippen LogP contribution in [0, 0.1) is 0 Å². The van der Waals surface area contributed by atoms with Crippen LogP contribution in [0.4, 0.5) is 0 Å². The summed E-state index contributed by atoms with van der Waals surface area (Å²) in [5.74, 6) is -0.658. The number of hydrazine groups is 1. The van der Waals surface area contributed by atoms with E-state index in [0.29, 0.717) is 16.4 Å². The smallest absolute Gasteiger partial charge is 0.272 e. The van der Waals surface area contributed by atoms with Gasteiger partial charge < -0.3 is 0 Å². The number of nitrogens with zero attached hydrogens (tertiary/aromatic N) is 3. The van der Waals surface area contributed by atoms with Crippen molar-refractivity contribution in [2.75, 3.05) is 0 Å². The lowest BCUT2D eigenvalue weighted by Crippen LogP contribution is -2.42. The summed E-state index contributed by atoms with van der Waals surface area (Å²) < 4.78 is 28.1. The summed E-state index contributed by atoms with van der Waals surface area (Å²) in [6.45, 7) is 0. The van der Waals surface area contributed by atoms with Crippen molar-refractivity contribution >= 4 is 43.2 Å². The third-order valence-corrected chi connectivity index (χ3v) is 8.44. The second-order valence-electron chi connectivity index (χ2n) is 7.58. The highest BCUT2D eigenvalue weighted by Gasteiger charge is 2.22. The van der Waals surface area contributed by atoms with Crippen LogP contribution in [0.2, 0.25) is 0 Å². The molecule has 0 spiro atoms. The number of amides is 1. The summed E-state index contributed by atoms with van der Waals surface area (Å²) in [6, 6.07) is 27.5. The Hall–Kier alpha value is -3.64. The summed E-state index contributed by atoms with van der Waals surface area (Å²) in [7, 11) is -4.05. The largest absolute Gasteiger partial charge is 0.284 e. The van der Waals surface area contributed by atoms with Gasteiger partial charge in [0.2, 0.25) is 0 Å². The Morgan fingerprint density at radius 3 is 2.25 bits per heavy atom. The van der Waals surface area contributed by atoms with Gasteiger partial charge in [-0.25, -0.2) is 18.1 Å². The number of nitrogens with one attached hydrogen (secondary N) is 2. The predicted octanol–water partition coefficient (Wildman–Crippen LogP) is 5.05. The molecule has 0 saturated carbocycles. The third-order valence-electron chi connectivity index (χ3n) is 5.15. The van der Waals surface area contributed by atoms with Crippen LogP contribution in [0.5, 0.6) is 0 Å². The van der Waals surface area contributed by atoms with E-state index in [1.165, 1.54) is 10.9 Å². The molecule has 0 aliphatic carbocycles. The van der Waals surface area contributed by atoms with Gasteiger partial charge in [-0.3, -0.25) is 10.2 Å². The Morgan fingerprint density at radius 1 is 0.889 bits per heavy atom. The van der Waals surface area contributed by atoms with E-state index in [4.69, 9.17) is 0 Å². The van der Waals surface area contributed by atoms with Crippen molar-refractivity contribution in [3.8, 4) is 27.5 Å². The minimum absolute atomic E-state index is 0.0257. The van der Waals surface area contributed by atoms with E-state index in [2.05, 4.69) is 36.3 Å². The van der Waals surface area contributed by atoms with Crippen LogP contribution >= 0.6 is 27.3 Å². The number of para-hydroxylation sites is 1. The lowest BCUT2D eigenvalue weighted by Gasteiger charge is -2.09. The van der Waals surface area contributed by atoms with Crippen molar-refractivity contribution in [3.63, 3.8) is 0 Å². The molecule has 8 nitrogen and oxygen atoms in total. The zero-order chi connectivity index (χ0) is 25.1. The first-order valence-corrected chi connectivity index (χ1v) is 13.7. The van der Waals surface area contributed by atoms with Crippen LogP contribution in [0.1, 0.15) is 10.5 Å². The van der Waals surface area contributed by atoms with Gasteiger partial charge in [-0.05, 0) is 30.3 Å². The summed E-state index contributed by atoms with van der Waals surface area (Å²) in [5.41, 5.74) is 5.32. The highest BCUT2D eigenvalue weighted by Crippen LogP contribution is 2.28. The van der Waals surface area contributed by atoms with E-state index in [1.807, 2.05) is 84.9 Å². The maximum Gasteiger partial charge on any atom is 0.284 e. The Kier molecular flexibility index (Phi) is 6.79. The molecule has 0 unspecified atom stereocenters. The van der Waals surface area contributed by atoms with Gasteiger partial charge in [0.05, 0.1) is 17.6 Å². The zero-order valence-corrected chi connectivity index (χ0v) is 21.7. The summed E-state index contributed by atoms with van der Waals surface area (Å²) in [6.07, 6.45) is 1.26. The molecule has 2 N–H and O–H groups in total. The highest BCUT2D eigenvalue weighted by atomic mass is 79.9. The lowest BCUT2D eigenvalue weighted by atomic mass is 10.1. The molecule has 0 atom stereocenters. The van der Waals surface area contributed by atoms with Gasteiger partial charge in [0, 0.05) is 15.6 Å². The van der Waals surface area contributed by atoms with Gasteiger partial charge in [0.1, 0.15) is 10.7 Å². The second kappa shape index (κ2) is 10.2.